The number of aromatic amines is 2. The van der Waals surface area contributed by atoms with Gasteiger partial charge in [0, 0.05) is 130 Å². The normalized spacial score (nSPS) is 22.6. The number of fused-ring (bicyclic) bond motifs is 4. The smallest absolute Gasteiger partial charge is 0.480 e. The lowest BCUT2D eigenvalue weighted by Gasteiger charge is -2.32. The first-order valence-electron chi connectivity index (χ1n) is 52.6. The molecule has 5 aliphatic rings. The predicted molar refractivity (Wildman–Crippen MR) is 523 cm³/mol. The first kappa shape index (κ1) is 77.5. The number of methoxy groups -OCH3 is 2. The maximum atomic E-state index is 15.3. The molecule has 19 rings (SSSR count). The number of benzene rings is 8. The molecule has 0 spiro atoms. The van der Waals surface area contributed by atoms with Gasteiger partial charge >= 0.3 is 26.0 Å². The van der Waals surface area contributed by atoms with Crippen molar-refractivity contribution in [2.24, 2.45) is 0 Å². The fraction of sp³-hybridized carbons (Fsp3) is 0.298. The van der Waals surface area contributed by atoms with E-state index in [1.165, 1.54) is 137 Å². The Morgan fingerprint density at radius 2 is 0.872 bits per heavy atom. The number of carbonyl (C=O) groups is 2. The second-order valence-electron chi connectivity index (χ2n) is 31.1. The number of aromatic carboxylic acids is 2. The zero-order chi connectivity index (χ0) is 123. The van der Waals surface area contributed by atoms with Crippen molar-refractivity contribution < 1.29 is 132 Å². The van der Waals surface area contributed by atoms with Gasteiger partial charge in [-0.25, -0.2) is 71.4 Å². The van der Waals surface area contributed by atoms with E-state index >= 15 is 4.39 Å². The first-order chi connectivity index (χ1) is 76.0. The summed E-state index contributed by atoms with van der Waals surface area (Å²) in [6, 6.07) is 25.5. The molecule has 11 heterocycles. The molecule has 2 unspecified atom stereocenters. The molecule has 0 saturated carbocycles. The number of hydrogen-bond acceptors (Lipinski definition) is 31. The maximum absolute atomic E-state index is 15.3. The number of ether oxygens (including phenoxy) is 5. The molecular formula is C94H94B2BrCl3F5N17O19. The lowest BCUT2D eigenvalue weighted by atomic mass is 9.49. The van der Waals surface area contributed by atoms with Gasteiger partial charge in [-0.1, -0.05) is 34.8 Å². The second-order valence-corrected chi connectivity index (χ2v) is 33.1. The number of aliphatic hydroxyl groups is 2. The van der Waals surface area contributed by atoms with Crippen LogP contribution in [0.2, 0.25) is 15.2 Å². The van der Waals surface area contributed by atoms with Crippen molar-refractivity contribution in [3.8, 4) is 23.0 Å². The minimum absolute atomic E-state index is 0.0311. The number of nitrogens with zero attached hydrogens (tertiary/aromatic N) is 14. The lowest BCUT2D eigenvalue weighted by molar-refractivity contribution is -0.385. The van der Waals surface area contributed by atoms with Crippen molar-refractivity contribution in [3.63, 3.8) is 0 Å². The number of hydrogen-bond donors (Lipinski definition) is 7. The van der Waals surface area contributed by atoms with Crippen molar-refractivity contribution in [1.29, 1.82) is 0 Å². The highest BCUT2D eigenvalue weighted by Gasteiger charge is 2.64. The average molecular weight is 2090 g/mol. The third kappa shape index (κ3) is 26.5. The predicted octanol–water partition coefficient (Wildman–Crippen LogP) is 15.7. The molecule has 36 nitrogen and oxygen atoms in total. The lowest BCUT2D eigenvalue weighted by Crippen LogP contribution is -2.41. The van der Waals surface area contributed by atoms with Crippen molar-refractivity contribution in [3.05, 3.63) is 297 Å². The Hall–Kier alpha value is -13.2. The number of nitrogen functional groups attached to an aromatic ring is 1. The number of morpholine rings is 3. The highest BCUT2D eigenvalue weighted by atomic mass is 79.9. The molecule has 0 radical (unpaired) electrons. The van der Waals surface area contributed by atoms with E-state index in [2.05, 4.69) is 89.9 Å². The molecule has 5 saturated heterocycles. The number of nitrogens with two attached hydrogens (primary N) is 1. The van der Waals surface area contributed by atoms with Crippen LogP contribution in [0.4, 0.5) is 50.4 Å². The second kappa shape index (κ2) is 47.4. The van der Waals surface area contributed by atoms with E-state index in [-0.39, 0.29) is 149 Å². The van der Waals surface area contributed by atoms with Crippen LogP contribution < -0.4 is 41.0 Å². The number of nitro groups is 1. The number of carboxylic acids is 2. The number of anilines is 4. The monoisotopic (exact) mass is 2090 g/mol. The zero-order valence-electron chi connectivity index (χ0n) is 98.8. The van der Waals surface area contributed by atoms with Crippen LogP contribution in [0.5, 0.6) is 11.8 Å². The van der Waals surface area contributed by atoms with Gasteiger partial charge < -0.3 is 93.1 Å². The third-order valence-corrected chi connectivity index (χ3v) is 22.7. The van der Waals surface area contributed by atoms with Gasteiger partial charge in [0.1, 0.15) is 76.1 Å². The minimum atomic E-state index is -3.25. The van der Waals surface area contributed by atoms with E-state index in [1.54, 1.807) is 0 Å². The Morgan fingerprint density at radius 3 is 1.32 bits per heavy atom. The Balaban J connectivity index is 0.000000172. The zero-order valence-corrected chi connectivity index (χ0v) is 78.6. The van der Waals surface area contributed by atoms with Gasteiger partial charge in [-0.05, 0) is 193 Å². The van der Waals surface area contributed by atoms with Crippen LogP contribution in [0.3, 0.4) is 0 Å². The van der Waals surface area contributed by atoms with E-state index in [1.807, 2.05) is 55.4 Å². The summed E-state index contributed by atoms with van der Waals surface area (Å²) in [7, 11) is 1.81. The quantitative estimate of drug-likeness (QED) is 0.0101. The molecular weight excluding hydrogens is 1970 g/mol. The van der Waals surface area contributed by atoms with E-state index in [4.69, 9.17) is 112 Å². The molecule has 8 aromatic carbocycles. The van der Waals surface area contributed by atoms with Crippen LogP contribution in [0.1, 0.15) is 144 Å². The Morgan fingerprint density at radius 1 is 0.496 bits per heavy atom. The molecule has 0 amide bonds. The number of nitro benzene ring substituents is 1. The summed E-state index contributed by atoms with van der Waals surface area (Å²) in [6.07, 6.45) is 7.58. The number of aliphatic hydroxyl groups excluding tert-OH is 2. The molecule has 5 fully saturated rings. The van der Waals surface area contributed by atoms with Crippen molar-refractivity contribution in [2.75, 3.05) is 113 Å². The molecule has 6 aromatic heterocycles. The van der Waals surface area contributed by atoms with Crippen molar-refractivity contribution in [2.45, 2.75) is 90.0 Å². The molecule has 2 atom stereocenters. The highest BCUT2D eigenvalue weighted by molar-refractivity contribution is 9.10. The number of rotatable bonds is 14. The fourth-order valence-corrected chi connectivity index (χ4v) is 13.7. The van der Waals surface area contributed by atoms with Crippen LogP contribution in [-0.2, 0) is 32.8 Å². The molecule has 5 aliphatic heterocycles. The van der Waals surface area contributed by atoms with Gasteiger partial charge in [-0.3, -0.25) is 29.7 Å². The minimum Gasteiger partial charge on any atom is -0.480 e. The summed E-state index contributed by atoms with van der Waals surface area (Å²) in [5.41, 5.74) is 2.51. The van der Waals surface area contributed by atoms with E-state index in [9.17, 15) is 57.1 Å². The SMILES string of the molecule is CC1(C)OB(B2OC(C)(C)C(C)(C)O2)OC1(C)C.COc1nccnc1C(O)c1cc(Br)c(F)cc1Cl.Nc1cc(F)ccc1C(=O)O.O=C(O)c1ccc(F)cc1[N+](=O)[O-].O=c1[nH]cnc2cc(F)ccc12.[2H]C1([2H])OC([2H])([2H])C([2H])([2H])N(c2ccc3c(-c4cc(C(O)c5nccnc5OC)c(Cl)cc4F)ncnc3c2)C1([2H])[2H].[2H]C1([2H])OC([2H])([2H])C([2H])([2H])N(c2ccc3c(=O)[nH]cnc3c2)C1([2H])[2H].[2H]C1([2H])OC([2H])([2H])C([2H])([2H])N(c2ccc3c(Cl)ncnc3c2)C1([2H])[2H]. The topological polar surface area (TPSA) is 472 Å². The van der Waals surface area contributed by atoms with Crippen molar-refractivity contribution >= 4 is 149 Å². The summed E-state index contributed by atoms with van der Waals surface area (Å²) in [5, 5.41) is 49.9. The molecule has 141 heavy (non-hydrogen) atoms. The van der Waals surface area contributed by atoms with Gasteiger partial charge in [-0.15, -0.1) is 0 Å². The number of nitrogens with one attached hydrogen (secondary N) is 2. The number of carboxylic acid groups (broad SMARTS) is 2. The summed E-state index contributed by atoms with van der Waals surface area (Å²) in [6.45, 7) is -21.2. The van der Waals surface area contributed by atoms with E-state index in [0.717, 1.165) is 55.1 Å². The summed E-state index contributed by atoms with van der Waals surface area (Å²) in [4.78, 5) is 98.6. The standard InChI is InChI=1S/C24H21ClFN5O3.C12H24B2O4.C12H9BrClFN2O2.C12H12ClN3O.C12H13N3O2.C8H5FN2O.C7H4FNO4.C7H6FNO2/c1-33-24-22(27-4-5-28-24)23(32)16-11-17(19(26)12-18(16)25)21-15-3-2-14(10-20(15)29-13-30-21)31-6-8-34-9-7-31;1-9(2)10(3,4)16-13(15-9)14-17-11(5,6)12(7,8)18-14;1-19-12-10(16-2-3-17-12)11(18)6-4-7(13)9(15)5-8(6)14;13-12-10-2-1-9(7-11(10)14-8-15-12)16-3-5-17-6-4-16;16-12-10-2-1-9(7-11(10)13-8-14-12)15-3-5-17-6-4-15;9-5-1-2-6-7(3-5)10-4-11-8(6)12;8-4-1-2-5(7(10)11)6(3-4)9(12)13;8-4-1-2-5(7(10)11)6(9)3-4/h2-5,10-13,23,32H,6-9H2,1H3;1-8H3;2-5,11,18H,1H3;1-2,7-8H,3-6H2;1-2,7-8H,3-6H2,(H,13,14,16);1-4H,(H,10,11,12);1-3H,(H,10,11);1-3H,9H2,(H,10,11)/i6D2,7D2,8D2,9D2;;;2*3D2,4D2,5D2,6D2;;;. The van der Waals surface area contributed by atoms with Gasteiger partial charge in [-0.2, -0.15) is 0 Å². The Bertz CT molecular complexity index is 8120. The van der Waals surface area contributed by atoms with Crippen LogP contribution in [0.15, 0.2) is 198 Å². The molecule has 8 N–H and O–H groups in total. The van der Waals surface area contributed by atoms with Crippen LogP contribution in [0.25, 0.3) is 54.9 Å². The van der Waals surface area contributed by atoms with Gasteiger partial charge in [0.2, 0.25) is 11.8 Å². The summed E-state index contributed by atoms with van der Waals surface area (Å²) >= 11 is 21.2. The Kier molecular flexibility index (Phi) is 26.0. The third-order valence-electron chi connectivity index (χ3n) is 21.1. The number of halogens is 9. The molecule has 0 aliphatic carbocycles. The maximum Gasteiger partial charge on any atom is 0.488 e. The first-order valence-corrected chi connectivity index (χ1v) is 42.5. The number of H-pyrrole nitrogens is 2. The summed E-state index contributed by atoms with van der Waals surface area (Å²) in [5.74, 6) is -5.45. The Labute approximate surface area is 859 Å². The van der Waals surface area contributed by atoms with E-state index in [0.29, 0.717) is 42.6 Å². The van der Waals surface area contributed by atoms with E-state index < -0.39 is 162 Å². The van der Waals surface area contributed by atoms with Crippen LogP contribution >= 0.6 is 50.7 Å². The largest absolute Gasteiger partial charge is 0.488 e. The fourth-order valence-electron chi connectivity index (χ4n) is 12.7. The molecule has 0 bridgehead atoms. The average Bonchev–Trinajstić information content (AvgIpc) is 0.988. The van der Waals surface area contributed by atoms with Crippen LogP contribution in [0, 0.1) is 39.2 Å². The summed E-state index contributed by atoms with van der Waals surface area (Å²) < 4.78 is 304. The van der Waals surface area contributed by atoms with Crippen LogP contribution in [-0.4, -0.2) is 226 Å². The molecule has 738 valence electrons. The number of aromatic nitrogens is 12. The van der Waals surface area contributed by atoms with Gasteiger partial charge in [0.15, 0.2) is 0 Å². The van der Waals surface area contributed by atoms with Gasteiger partial charge in [0.25, 0.3) is 16.8 Å². The van der Waals surface area contributed by atoms with Gasteiger partial charge in [0.05, 0.1) is 181 Å². The molecule has 47 heteroatoms. The molecule has 14 aromatic rings. The highest BCUT2D eigenvalue weighted by Crippen LogP contribution is 2.45. The van der Waals surface area contributed by atoms with Crippen molar-refractivity contribution in [1.82, 2.24) is 59.8 Å².